The molecule has 1 amide bonds. The number of ether oxygens (including phenoxy) is 1. The zero-order valence-electron chi connectivity index (χ0n) is 19.6. The summed E-state index contributed by atoms with van der Waals surface area (Å²) in [6.07, 6.45) is 16.1. The van der Waals surface area contributed by atoms with Crippen LogP contribution in [0.5, 0.6) is 5.88 Å². The van der Waals surface area contributed by atoms with Gasteiger partial charge in [0.15, 0.2) is 11.5 Å². The lowest BCUT2D eigenvalue weighted by Crippen LogP contribution is -2.41. The number of aliphatic imine (C=N–C) groups is 1. The zero-order chi connectivity index (χ0) is 23.6. The summed E-state index contributed by atoms with van der Waals surface area (Å²) in [5.41, 5.74) is 7.86. The van der Waals surface area contributed by atoms with Crippen molar-refractivity contribution in [2.24, 2.45) is 16.3 Å². The van der Waals surface area contributed by atoms with Gasteiger partial charge in [0.2, 0.25) is 11.8 Å². The molecule has 0 radical (unpaired) electrons. The predicted octanol–water partition coefficient (Wildman–Crippen LogP) is 3.34. The summed E-state index contributed by atoms with van der Waals surface area (Å²) in [5.74, 6) is 1.47. The van der Waals surface area contributed by atoms with Gasteiger partial charge >= 0.3 is 0 Å². The second-order valence-electron chi connectivity index (χ2n) is 9.74. The Labute approximate surface area is 194 Å². The lowest BCUT2D eigenvalue weighted by atomic mass is 9.68. The number of nitrogen functional groups attached to an aromatic ring is 1. The predicted molar refractivity (Wildman–Crippen MR) is 128 cm³/mol. The Morgan fingerprint density at radius 1 is 1.30 bits per heavy atom. The molecule has 1 aromatic rings. The molecule has 8 nitrogen and oxygen atoms in total. The minimum absolute atomic E-state index is 0.138. The molecule has 8 heteroatoms. The summed E-state index contributed by atoms with van der Waals surface area (Å²) in [4.78, 5) is 24.7. The van der Waals surface area contributed by atoms with Crippen molar-refractivity contribution in [2.45, 2.75) is 58.5 Å². The molecule has 1 saturated carbocycles. The van der Waals surface area contributed by atoms with Crippen molar-refractivity contribution >= 4 is 23.1 Å². The first-order valence-electron chi connectivity index (χ1n) is 11.6. The number of hydrogen-bond donors (Lipinski definition) is 3. The van der Waals surface area contributed by atoms with Crippen molar-refractivity contribution in [3.8, 4) is 5.88 Å². The molecule has 1 fully saturated rings. The molecule has 33 heavy (non-hydrogen) atoms. The van der Waals surface area contributed by atoms with Crippen molar-refractivity contribution in [1.29, 1.82) is 0 Å². The van der Waals surface area contributed by atoms with Gasteiger partial charge in [0.25, 0.3) is 0 Å². The molecule has 0 atom stereocenters. The van der Waals surface area contributed by atoms with E-state index >= 15 is 0 Å². The number of nitrogens with two attached hydrogens (primary N) is 1. The smallest absolute Gasteiger partial charge is 0.246 e. The number of fused-ring (bicyclic) bond motifs is 1. The van der Waals surface area contributed by atoms with Gasteiger partial charge in [-0.1, -0.05) is 30.4 Å². The number of allylic oxidation sites excluding steroid dienone is 5. The third-order valence-corrected chi connectivity index (χ3v) is 6.79. The Balaban J connectivity index is 1.51. The van der Waals surface area contributed by atoms with Crippen molar-refractivity contribution in [3.05, 3.63) is 41.8 Å². The molecule has 2 heterocycles. The molecule has 1 aromatic heterocycles. The minimum atomic E-state index is -0.655. The lowest BCUT2D eigenvalue weighted by molar-refractivity contribution is -0.124. The van der Waals surface area contributed by atoms with Crippen molar-refractivity contribution in [3.63, 3.8) is 0 Å². The Morgan fingerprint density at radius 3 is 2.79 bits per heavy atom. The molecule has 0 saturated heterocycles. The van der Waals surface area contributed by atoms with Crippen molar-refractivity contribution < 1.29 is 14.6 Å². The van der Waals surface area contributed by atoms with Crippen molar-refractivity contribution in [1.82, 2.24) is 15.3 Å². The van der Waals surface area contributed by atoms with Gasteiger partial charge in [-0.2, -0.15) is 4.98 Å². The molecule has 0 aromatic carbocycles. The number of nitrogens with one attached hydrogen (secondary N) is 1. The summed E-state index contributed by atoms with van der Waals surface area (Å²) in [6, 6.07) is 0. The molecule has 4 N–H and O–H groups in total. The van der Waals surface area contributed by atoms with E-state index in [9.17, 15) is 4.79 Å². The highest BCUT2D eigenvalue weighted by Gasteiger charge is 2.37. The average Bonchev–Trinajstić information content (AvgIpc) is 2.75. The molecular formula is C25H33N5O3. The summed E-state index contributed by atoms with van der Waals surface area (Å²) in [7, 11) is 0. The lowest BCUT2D eigenvalue weighted by Gasteiger charge is -2.38. The normalized spacial score (nSPS) is 29.4. The summed E-state index contributed by atoms with van der Waals surface area (Å²) in [6.45, 7) is 5.94. The van der Waals surface area contributed by atoms with Crippen LogP contribution in [0, 0.1) is 18.3 Å². The average molecular weight is 452 g/mol. The number of carbonyl (C=O) groups is 1. The van der Waals surface area contributed by atoms with Crippen LogP contribution in [0.3, 0.4) is 0 Å². The second-order valence-corrected chi connectivity index (χ2v) is 9.74. The van der Waals surface area contributed by atoms with Gasteiger partial charge in [-0.05, 0) is 69.8 Å². The third-order valence-electron chi connectivity index (χ3n) is 6.79. The van der Waals surface area contributed by atoms with Gasteiger partial charge in [-0.25, -0.2) is 9.98 Å². The van der Waals surface area contributed by atoms with E-state index in [1.54, 1.807) is 6.92 Å². The number of carbonyl (C=O) groups excluding carboxylic acids is 1. The minimum Gasteiger partial charge on any atom is -0.463 e. The first-order valence-corrected chi connectivity index (χ1v) is 11.6. The second kappa shape index (κ2) is 9.09. The van der Waals surface area contributed by atoms with E-state index in [0.29, 0.717) is 35.7 Å². The number of anilines is 1. The van der Waals surface area contributed by atoms with Gasteiger partial charge in [-0.3, -0.25) is 4.79 Å². The molecule has 0 bridgehead atoms. The van der Waals surface area contributed by atoms with Gasteiger partial charge in [-0.15, -0.1) is 0 Å². The fourth-order valence-electron chi connectivity index (χ4n) is 4.89. The molecule has 1 aliphatic heterocycles. The SMILES string of the molecule is Cc1nc(N)c2c(n1)OC(C)(C)C(C1=C\C=C\C3(C/C=C\1)CCC(CNC(=O)CO)CC3)=N2. The van der Waals surface area contributed by atoms with E-state index in [4.69, 9.17) is 20.6 Å². The quantitative estimate of drug-likeness (QED) is 0.645. The number of aryl methyl sites for hydroxylation is 1. The number of amides is 1. The molecule has 4 rings (SSSR count). The maximum absolute atomic E-state index is 11.3. The van der Waals surface area contributed by atoms with E-state index in [2.05, 4.69) is 45.7 Å². The van der Waals surface area contributed by atoms with Crippen LogP contribution in [-0.4, -0.2) is 45.4 Å². The summed E-state index contributed by atoms with van der Waals surface area (Å²) < 4.78 is 6.18. The standard InChI is InChI=1S/C25H33N5O3/c1-16-28-22(26)20-23(29-16)33-24(2,3)21(30-20)18-6-4-10-25(11-5-7-18)12-8-17(9-13-25)14-27-19(32)15-31/h4-7,10,17,31H,8-9,11-15H2,1-3H3,(H,27,32)(H2,26,28,29)/b7-5-,10-4+,18-6-. The van der Waals surface area contributed by atoms with Gasteiger partial charge < -0.3 is 20.9 Å². The van der Waals surface area contributed by atoms with Gasteiger partial charge in [0, 0.05) is 6.54 Å². The van der Waals surface area contributed by atoms with Crippen LogP contribution < -0.4 is 15.8 Å². The fraction of sp³-hybridized carbons (Fsp3) is 0.520. The highest BCUT2D eigenvalue weighted by molar-refractivity contribution is 6.11. The molecule has 1 spiro atoms. The van der Waals surface area contributed by atoms with Crippen LogP contribution in [0.1, 0.15) is 51.8 Å². The largest absolute Gasteiger partial charge is 0.463 e. The molecule has 3 aliphatic rings. The monoisotopic (exact) mass is 451 g/mol. The molecular weight excluding hydrogens is 418 g/mol. The third kappa shape index (κ3) is 5.00. The van der Waals surface area contributed by atoms with E-state index < -0.39 is 12.2 Å². The van der Waals surface area contributed by atoms with Crippen LogP contribution in [-0.2, 0) is 4.79 Å². The summed E-state index contributed by atoms with van der Waals surface area (Å²) >= 11 is 0. The topological polar surface area (TPSA) is 123 Å². The van der Waals surface area contributed by atoms with Crippen LogP contribution in [0.4, 0.5) is 11.5 Å². The van der Waals surface area contributed by atoms with Crippen LogP contribution in [0.2, 0.25) is 0 Å². The Hall–Kier alpha value is -3.00. The number of rotatable bonds is 4. The van der Waals surface area contributed by atoms with Crippen LogP contribution in [0.25, 0.3) is 0 Å². The number of nitrogens with zero attached hydrogens (tertiary/aromatic N) is 3. The first-order chi connectivity index (χ1) is 15.7. The van der Waals surface area contributed by atoms with Crippen molar-refractivity contribution in [2.75, 3.05) is 18.9 Å². The van der Waals surface area contributed by atoms with Gasteiger partial charge in [0.05, 0.1) is 5.71 Å². The summed E-state index contributed by atoms with van der Waals surface area (Å²) in [5, 5.41) is 11.7. The van der Waals surface area contributed by atoms with E-state index in [0.717, 1.165) is 43.4 Å². The van der Waals surface area contributed by atoms with E-state index in [-0.39, 0.29) is 11.3 Å². The molecule has 0 unspecified atom stereocenters. The Kier molecular flexibility index (Phi) is 6.38. The van der Waals surface area contributed by atoms with Gasteiger partial charge in [0.1, 0.15) is 18.0 Å². The highest BCUT2D eigenvalue weighted by atomic mass is 16.5. The van der Waals surface area contributed by atoms with Crippen LogP contribution >= 0.6 is 0 Å². The maximum Gasteiger partial charge on any atom is 0.246 e. The Morgan fingerprint density at radius 2 is 2.06 bits per heavy atom. The fourth-order valence-corrected chi connectivity index (χ4v) is 4.89. The number of aromatic nitrogens is 2. The molecule has 2 aliphatic carbocycles. The van der Waals surface area contributed by atoms with E-state index in [1.807, 2.05) is 13.8 Å². The number of aliphatic hydroxyl groups excluding tert-OH is 1. The number of hydrogen-bond acceptors (Lipinski definition) is 7. The zero-order valence-corrected chi connectivity index (χ0v) is 19.6. The maximum atomic E-state index is 11.3. The highest BCUT2D eigenvalue weighted by Crippen LogP contribution is 2.44. The van der Waals surface area contributed by atoms with E-state index in [1.165, 1.54) is 0 Å². The van der Waals surface area contributed by atoms with Crippen LogP contribution in [0.15, 0.2) is 40.9 Å². The molecule has 176 valence electrons. The first kappa shape index (κ1) is 23.2. The number of aliphatic hydroxyl groups is 1. The Bertz CT molecular complexity index is 1050.